The average Bonchev–Trinajstić information content (AvgIpc) is 3.26. The highest BCUT2D eigenvalue weighted by molar-refractivity contribution is 7.99. The summed E-state index contributed by atoms with van der Waals surface area (Å²) >= 11 is 1.72. The summed E-state index contributed by atoms with van der Waals surface area (Å²) in [6.45, 7) is 9.13. The maximum atomic E-state index is 13.0. The van der Waals surface area contributed by atoms with Crippen LogP contribution in [0.1, 0.15) is 26.3 Å². The smallest absolute Gasteiger partial charge is 0.297 e. The predicted molar refractivity (Wildman–Crippen MR) is 148 cm³/mol. The van der Waals surface area contributed by atoms with Crippen molar-refractivity contribution in [1.82, 2.24) is 0 Å². The molecule has 0 unspecified atom stereocenters. The first kappa shape index (κ1) is 26.2. The fraction of sp³-hybridized carbons (Fsp3) is 0.357. The molecule has 35 heavy (non-hydrogen) atoms. The van der Waals surface area contributed by atoms with Gasteiger partial charge in [-0.05, 0) is 34.5 Å². The van der Waals surface area contributed by atoms with Crippen molar-refractivity contribution in [2.45, 2.75) is 43.7 Å². The molecule has 1 saturated heterocycles. The van der Waals surface area contributed by atoms with Gasteiger partial charge in [0.15, 0.2) is 0 Å². The van der Waals surface area contributed by atoms with E-state index < -0.39 is 24.5 Å². The number of hydrogen-bond acceptors (Lipinski definition) is 5. The summed E-state index contributed by atoms with van der Waals surface area (Å²) in [4.78, 5) is 0.201. The molecule has 1 aliphatic heterocycles. The Hall–Kier alpha value is -1.90. The van der Waals surface area contributed by atoms with Crippen LogP contribution in [0.4, 0.5) is 0 Å². The summed E-state index contributed by atoms with van der Waals surface area (Å²) in [5, 5.41) is 2.30. The molecule has 1 fully saturated rings. The molecule has 4 nitrogen and oxygen atoms in total. The lowest BCUT2D eigenvalue weighted by Gasteiger charge is -2.43. The summed E-state index contributed by atoms with van der Waals surface area (Å²) in [7, 11) is -6.53. The number of benzene rings is 3. The van der Waals surface area contributed by atoms with E-state index in [-0.39, 0.29) is 15.9 Å². The van der Waals surface area contributed by atoms with Crippen molar-refractivity contribution in [3.05, 3.63) is 90.5 Å². The number of hydrogen-bond donors (Lipinski definition) is 0. The Balaban J connectivity index is 1.62. The van der Waals surface area contributed by atoms with Gasteiger partial charge in [-0.3, -0.25) is 4.18 Å². The normalized spacial score (nSPS) is 19.1. The number of rotatable bonds is 8. The predicted octanol–water partition coefficient (Wildman–Crippen LogP) is 5.01. The van der Waals surface area contributed by atoms with Gasteiger partial charge in [-0.2, -0.15) is 20.2 Å². The topological polar surface area (TPSA) is 52.6 Å². The summed E-state index contributed by atoms with van der Waals surface area (Å²) in [5.74, 6) is 1.44. The Morgan fingerprint density at radius 2 is 1.40 bits per heavy atom. The second-order valence-electron chi connectivity index (χ2n) is 10.2. The molecule has 3 aromatic rings. The molecular weight excluding hydrogens is 493 g/mol. The van der Waals surface area contributed by atoms with Crippen molar-refractivity contribution < 1.29 is 17.0 Å². The van der Waals surface area contributed by atoms with Crippen LogP contribution in [0.3, 0.4) is 0 Å². The van der Waals surface area contributed by atoms with E-state index >= 15 is 0 Å². The van der Waals surface area contributed by atoms with E-state index in [2.05, 4.69) is 69.3 Å². The monoisotopic (exact) mass is 526 g/mol. The summed E-state index contributed by atoms with van der Waals surface area (Å²) in [6.07, 6.45) is -0.412. The lowest BCUT2D eigenvalue weighted by Crippen LogP contribution is -2.67. The van der Waals surface area contributed by atoms with Crippen LogP contribution >= 0.6 is 11.8 Å². The molecule has 2 atom stereocenters. The zero-order valence-electron chi connectivity index (χ0n) is 20.8. The van der Waals surface area contributed by atoms with Gasteiger partial charge in [0.2, 0.25) is 0 Å². The van der Waals surface area contributed by atoms with Gasteiger partial charge in [0.25, 0.3) is 18.4 Å². The van der Waals surface area contributed by atoms with E-state index in [4.69, 9.17) is 8.61 Å². The zero-order valence-corrected chi connectivity index (χ0v) is 23.4. The van der Waals surface area contributed by atoms with Gasteiger partial charge < -0.3 is 4.43 Å². The Labute approximate surface area is 215 Å². The third kappa shape index (κ3) is 5.59. The molecule has 0 N–H and O–H groups in total. The minimum absolute atomic E-state index is 0.0122. The first-order valence-corrected chi connectivity index (χ1v) is 16.4. The van der Waals surface area contributed by atoms with Crippen LogP contribution in [0.15, 0.2) is 89.8 Å². The maximum Gasteiger partial charge on any atom is 0.297 e. The molecule has 0 aliphatic carbocycles. The van der Waals surface area contributed by atoms with Crippen LogP contribution < -0.4 is 10.4 Å². The maximum absolute atomic E-state index is 13.0. The molecule has 0 saturated carbocycles. The van der Waals surface area contributed by atoms with Crippen LogP contribution in [-0.4, -0.2) is 41.0 Å². The first-order valence-electron chi connectivity index (χ1n) is 12.0. The zero-order chi connectivity index (χ0) is 25.1. The van der Waals surface area contributed by atoms with Crippen molar-refractivity contribution >= 4 is 40.6 Å². The number of thioether (sulfide) groups is 1. The van der Waals surface area contributed by atoms with Crippen LogP contribution in [0.25, 0.3) is 0 Å². The molecular formula is C28H34O4S2Si. The van der Waals surface area contributed by atoms with Crippen molar-refractivity contribution in [2.24, 2.45) is 5.92 Å². The molecule has 3 aromatic carbocycles. The molecule has 0 aromatic heterocycles. The highest BCUT2D eigenvalue weighted by atomic mass is 32.2. The Bertz CT molecular complexity index is 1170. The molecule has 0 spiro atoms. The van der Waals surface area contributed by atoms with Gasteiger partial charge in [0.05, 0.1) is 11.0 Å². The lowest BCUT2D eigenvalue weighted by atomic mass is 10.1. The van der Waals surface area contributed by atoms with Gasteiger partial charge in [0.1, 0.15) is 0 Å². The van der Waals surface area contributed by atoms with Crippen LogP contribution in [0.5, 0.6) is 0 Å². The van der Waals surface area contributed by atoms with Crippen molar-refractivity contribution in [3.63, 3.8) is 0 Å². The lowest BCUT2D eigenvalue weighted by molar-refractivity contribution is 0.133. The molecule has 186 valence electrons. The van der Waals surface area contributed by atoms with Crippen molar-refractivity contribution in [1.29, 1.82) is 0 Å². The van der Waals surface area contributed by atoms with Gasteiger partial charge in [-0.15, -0.1) is 0 Å². The van der Waals surface area contributed by atoms with Crippen molar-refractivity contribution in [3.8, 4) is 0 Å². The third-order valence-corrected chi connectivity index (χ3v) is 14.2. The Morgan fingerprint density at radius 3 is 1.91 bits per heavy atom. The molecule has 0 bridgehead atoms. The van der Waals surface area contributed by atoms with E-state index in [9.17, 15) is 8.42 Å². The van der Waals surface area contributed by atoms with Gasteiger partial charge >= 0.3 is 0 Å². The summed E-state index contributed by atoms with van der Waals surface area (Å²) in [5.41, 5.74) is 1.01. The highest BCUT2D eigenvalue weighted by Gasteiger charge is 2.51. The van der Waals surface area contributed by atoms with E-state index in [0.717, 1.165) is 11.3 Å². The molecule has 4 rings (SSSR count). The van der Waals surface area contributed by atoms with Crippen LogP contribution in [0, 0.1) is 12.8 Å². The fourth-order valence-electron chi connectivity index (χ4n) is 4.76. The van der Waals surface area contributed by atoms with E-state index in [1.807, 2.05) is 19.1 Å². The van der Waals surface area contributed by atoms with Crippen LogP contribution in [0.2, 0.25) is 5.04 Å². The van der Waals surface area contributed by atoms with E-state index in [0.29, 0.717) is 12.4 Å². The Morgan fingerprint density at radius 1 is 0.857 bits per heavy atom. The number of aryl methyl sites for hydroxylation is 1. The minimum Gasteiger partial charge on any atom is -0.407 e. The quantitative estimate of drug-likeness (QED) is 0.305. The molecule has 1 aliphatic rings. The fourth-order valence-corrected chi connectivity index (χ4v) is 11.9. The van der Waals surface area contributed by atoms with E-state index in [1.54, 1.807) is 36.0 Å². The SMILES string of the molecule is Cc1ccc(S(=O)(=O)O[C@@H]2CSC[C@H]2CO[Si](c2ccccc2)(c2ccccc2)C(C)(C)C)cc1. The summed E-state index contributed by atoms with van der Waals surface area (Å²) in [6, 6.07) is 27.8. The molecule has 7 heteroatoms. The average molecular weight is 527 g/mol. The molecule has 0 amide bonds. The second-order valence-corrected chi connectivity index (χ2v) is 17.1. The largest absolute Gasteiger partial charge is 0.407 e. The van der Waals surface area contributed by atoms with Gasteiger partial charge in [-0.25, -0.2) is 0 Å². The standard InChI is InChI=1S/C28H34O4S2Si/c1-22-15-17-24(18-16-22)34(29,30)32-27-21-33-20-23(27)19-31-35(28(2,3)4,25-11-7-5-8-12-25)26-13-9-6-10-14-26/h5-18,23,27H,19-21H2,1-4H3/t23-,27-/m1/s1. The third-order valence-electron chi connectivity index (χ3n) is 6.63. The van der Waals surface area contributed by atoms with Crippen LogP contribution in [-0.2, 0) is 18.7 Å². The van der Waals surface area contributed by atoms with Crippen molar-refractivity contribution in [2.75, 3.05) is 18.1 Å². The highest BCUT2D eigenvalue weighted by Crippen LogP contribution is 2.38. The van der Waals surface area contributed by atoms with E-state index in [1.165, 1.54) is 10.4 Å². The Kier molecular flexibility index (Phi) is 7.93. The summed E-state index contributed by atoms with van der Waals surface area (Å²) < 4.78 is 38.8. The minimum atomic E-state index is -3.84. The van der Waals surface area contributed by atoms with Gasteiger partial charge in [0, 0.05) is 24.0 Å². The molecule has 0 radical (unpaired) electrons. The van der Waals surface area contributed by atoms with Gasteiger partial charge in [-0.1, -0.05) is 99.1 Å². The first-order chi connectivity index (χ1) is 16.6. The second kappa shape index (κ2) is 10.6. The molecule has 1 heterocycles.